The van der Waals surface area contributed by atoms with Crippen molar-refractivity contribution in [1.29, 1.82) is 0 Å². The van der Waals surface area contributed by atoms with Gasteiger partial charge >= 0.3 is 30.8 Å². The molecule has 0 aromatic heterocycles. The van der Waals surface area contributed by atoms with Gasteiger partial charge in [-0.15, -0.1) is 0 Å². The van der Waals surface area contributed by atoms with Crippen molar-refractivity contribution in [3.63, 3.8) is 0 Å². The van der Waals surface area contributed by atoms with Crippen LogP contribution in [0.1, 0.15) is 118 Å². The summed E-state index contributed by atoms with van der Waals surface area (Å²) in [6, 6.07) is 0. The summed E-state index contributed by atoms with van der Waals surface area (Å²) in [4.78, 5) is 19.3. The first-order chi connectivity index (χ1) is 16.9. The van der Waals surface area contributed by atoms with Crippen molar-refractivity contribution >= 4 is 30.8 Å². The summed E-state index contributed by atoms with van der Waals surface area (Å²) in [6.45, 7) is 12.6. The summed E-state index contributed by atoms with van der Waals surface area (Å²) >= 11 is 0. The van der Waals surface area contributed by atoms with Crippen LogP contribution in [0.5, 0.6) is 0 Å². The van der Waals surface area contributed by atoms with E-state index in [-0.39, 0.29) is 37.8 Å². The maximum atomic E-state index is 10.2. The van der Waals surface area contributed by atoms with Crippen molar-refractivity contribution in [3.8, 4) is 0 Å². The molecule has 0 saturated heterocycles. The van der Waals surface area contributed by atoms with Crippen molar-refractivity contribution in [1.82, 2.24) is 0 Å². The third kappa shape index (κ3) is 7.46. The Labute approximate surface area is 237 Å². The molecule has 208 valence electrons. The first-order valence-corrected chi connectivity index (χ1v) is 14.7. The van der Waals surface area contributed by atoms with Crippen LogP contribution in [0, 0.1) is 46.3 Å². The predicted octanol–water partition coefficient (Wildman–Crippen LogP) is 6.68. The number of aliphatic hydroxyl groups excluding tert-OH is 1. The van der Waals surface area contributed by atoms with E-state index in [1.165, 1.54) is 57.8 Å². The van der Waals surface area contributed by atoms with Gasteiger partial charge in [0.1, 0.15) is 0 Å². The quantitative estimate of drug-likeness (QED) is 0.249. The van der Waals surface area contributed by atoms with E-state index in [0.29, 0.717) is 10.8 Å². The number of hydrogen-bond donors (Lipinski definition) is 3. The van der Waals surface area contributed by atoms with E-state index >= 15 is 0 Å². The topological polar surface area (TPSA) is 94.8 Å². The Balaban J connectivity index is 0.000000467. The molecule has 0 bridgehead atoms. The van der Waals surface area contributed by atoms with E-state index in [4.69, 9.17) is 10.2 Å². The zero-order chi connectivity index (χ0) is 26.7. The number of rotatable bonds is 8. The van der Waals surface area contributed by atoms with Gasteiger partial charge in [0.15, 0.2) is 0 Å². The van der Waals surface area contributed by atoms with Crippen molar-refractivity contribution in [2.75, 3.05) is 0 Å². The van der Waals surface area contributed by atoms with Crippen LogP contribution >= 0.6 is 0 Å². The Kier molecular flexibility index (Phi) is 11.9. The molecule has 3 N–H and O–H groups in total. The van der Waals surface area contributed by atoms with Crippen LogP contribution in [-0.2, 0) is 9.59 Å². The molecule has 3 saturated carbocycles. The van der Waals surface area contributed by atoms with E-state index in [0.717, 1.165) is 48.3 Å². The van der Waals surface area contributed by atoms with E-state index in [2.05, 4.69) is 40.7 Å². The summed E-state index contributed by atoms with van der Waals surface area (Å²) < 4.78 is 0. The molecule has 4 aliphatic carbocycles. The minimum absolute atomic E-state index is 0. The summed E-state index contributed by atoms with van der Waals surface area (Å²) in [7, 11) is 0. The predicted molar refractivity (Wildman–Crippen MR) is 151 cm³/mol. The van der Waals surface area contributed by atoms with E-state index in [1.807, 2.05) is 0 Å². The SMILES string of the molecule is CC(C)CCCC(C)[C@H]1CC[C@H]2[C@@H]3CC=C4C[C@@H](O)CC[C@]4(C)[C@H]3CC[C@]12C.O=C(O)CCC(=O)O.[LiH]. The summed E-state index contributed by atoms with van der Waals surface area (Å²) in [5.41, 5.74) is 2.60. The Bertz CT molecular complexity index is 795. The minimum atomic E-state index is -1.08. The molecule has 0 aromatic carbocycles. The molecule has 6 heteroatoms. The molecule has 4 aliphatic rings. The van der Waals surface area contributed by atoms with Gasteiger partial charge in [0.25, 0.3) is 0 Å². The average molecular weight is 513 g/mol. The van der Waals surface area contributed by atoms with Crippen LogP contribution in [0.3, 0.4) is 0 Å². The number of carboxylic acid groups (broad SMARTS) is 2. The molecular weight excluding hydrogens is 459 g/mol. The van der Waals surface area contributed by atoms with Gasteiger partial charge in [0, 0.05) is 0 Å². The molecule has 0 aromatic rings. The molecule has 4 rings (SSSR count). The second-order valence-corrected chi connectivity index (χ2v) is 13.5. The fourth-order valence-electron chi connectivity index (χ4n) is 8.88. The van der Waals surface area contributed by atoms with Crippen LogP contribution in [0.25, 0.3) is 0 Å². The van der Waals surface area contributed by atoms with Gasteiger partial charge in [-0.25, -0.2) is 0 Å². The van der Waals surface area contributed by atoms with Crippen molar-refractivity contribution in [2.24, 2.45) is 46.3 Å². The fraction of sp³-hybridized carbons (Fsp3) is 0.871. The first-order valence-electron chi connectivity index (χ1n) is 14.7. The van der Waals surface area contributed by atoms with Crippen LogP contribution in [-0.4, -0.2) is 52.2 Å². The number of allylic oxidation sites excluding steroid dienone is 1. The van der Waals surface area contributed by atoms with Crippen LogP contribution < -0.4 is 0 Å². The van der Waals surface area contributed by atoms with Gasteiger partial charge in [0.2, 0.25) is 0 Å². The van der Waals surface area contributed by atoms with Gasteiger partial charge in [-0.2, -0.15) is 0 Å². The average Bonchev–Trinajstić information content (AvgIpc) is 3.15. The number of aliphatic hydroxyl groups is 1. The van der Waals surface area contributed by atoms with Crippen molar-refractivity contribution in [2.45, 2.75) is 124 Å². The van der Waals surface area contributed by atoms with Gasteiger partial charge in [-0.1, -0.05) is 65.5 Å². The molecule has 0 spiro atoms. The number of carbonyl (C=O) groups is 2. The normalized spacial score (nSPS) is 37.1. The third-order valence-electron chi connectivity index (χ3n) is 10.8. The summed E-state index contributed by atoms with van der Waals surface area (Å²) in [6.07, 6.45) is 16.6. The Morgan fingerprint density at radius 2 is 1.59 bits per heavy atom. The molecule has 0 aliphatic heterocycles. The molecule has 0 amide bonds. The summed E-state index contributed by atoms with van der Waals surface area (Å²) in [5.74, 6) is 3.30. The zero-order valence-corrected chi connectivity index (χ0v) is 23.5. The standard InChI is InChI=1S/C27H46O.C4H6O4.Li.H/c1-18(2)7-6-8-19(3)23-11-12-24-22-10-9-20-17-21(28)13-15-26(20,4)25(22)14-16-27(23,24)5;5-3(6)1-2-4(7)8;;/h9,18-19,21-25,28H,6-8,10-17H2,1-5H3;1-2H2,(H,5,6)(H,7,8);;/t19?,21-,22-,23+,24-,25-,26-,27+;;;/m0.../s1. The molecule has 37 heavy (non-hydrogen) atoms. The second kappa shape index (κ2) is 13.5. The fourth-order valence-corrected chi connectivity index (χ4v) is 8.88. The monoisotopic (exact) mass is 512 g/mol. The second-order valence-electron chi connectivity index (χ2n) is 13.5. The van der Waals surface area contributed by atoms with Gasteiger partial charge in [0.05, 0.1) is 18.9 Å². The van der Waals surface area contributed by atoms with E-state index in [1.54, 1.807) is 5.57 Å². The molecule has 5 nitrogen and oxygen atoms in total. The summed E-state index contributed by atoms with van der Waals surface area (Å²) in [5, 5.41) is 26.0. The van der Waals surface area contributed by atoms with Gasteiger partial charge in [-0.3, -0.25) is 9.59 Å². The van der Waals surface area contributed by atoms with Gasteiger partial charge in [-0.05, 0) is 97.7 Å². The molecule has 0 radical (unpaired) electrons. The number of hydrogen-bond acceptors (Lipinski definition) is 3. The molecule has 0 heterocycles. The molecule has 8 atom stereocenters. The van der Waals surface area contributed by atoms with Crippen molar-refractivity contribution in [3.05, 3.63) is 11.6 Å². The van der Waals surface area contributed by atoms with E-state index < -0.39 is 11.9 Å². The maximum absolute atomic E-state index is 10.2. The molecule has 3 fully saturated rings. The number of fused-ring (bicyclic) bond motifs is 5. The number of aliphatic carboxylic acids is 2. The number of carboxylic acids is 2. The first kappa shape index (κ1) is 32.4. The Morgan fingerprint density at radius 3 is 2.19 bits per heavy atom. The zero-order valence-electron chi connectivity index (χ0n) is 23.5. The van der Waals surface area contributed by atoms with Crippen molar-refractivity contribution < 1.29 is 24.9 Å². The van der Waals surface area contributed by atoms with Crippen LogP contribution in [0.15, 0.2) is 11.6 Å². The molecule has 1 unspecified atom stereocenters. The third-order valence-corrected chi connectivity index (χ3v) is 10.8. The Hall–Kier alpha value is -0.763. The van der Waals surface area contributed by atoms with E-state index in [9.17, 15) is 14.7 Å². The van der Waals surface area contributed by atoms with Crippen LogP contribution in [0.2, 0.25) is 0 Å². The molecular formula is C31H53LiO5. The Morgan fingerprint density at radius 1 is 0.946 bits per heavy atom. The van der Waals surface area contributed by atoms with Crippen LogP contribution in [0.4, 0.5) is 0 Å². The van der Waals surface area contributed by atoms with Gasteiger partial charge < -0.3 is 15.3 Å².